The molecule has 3 aliphatic rings. The Hall–Kier alpha value is -3.94. The average Bonchev–Trinajstić information content (AvgIpc) is 3.56. The van der Waals surface area contributed by atoms with E-state index < -0.39 is 11.4 Å². The van der Waals surface area contributed by atoms with E-state index in [1.807, 2.05) is 60.7 Å². The number of nitrogens with one attached hydrogen (secondary N) is 1. The molecular formula is C31H35N3O5. The van der Waals surface area contributed by atoms with Crippen LogP contribution in [0.15, 0.2) is 71.9 Å². The number of hydrogen-bond donors (Lipinski definition) is 2. The molecule has 2 amide bonds. The second kappa shape index (κ2) is 11.8. The Morgan fingerprint density at radius 2 is 1.82 bits per heavy atom. The number of carboxylic acid groups (broad SMARTS) is 1. The standard InChI is InChI=1S/C31H35N3O5/c35-26-21-39-29(25-10-2-1-3-11-25)33-34(26)20-22-12-14-24(15-13-22)27(23-8-4-5-9-23)28(36)32-19-7-6-16-31(17-18-31)30(37)38/h1-3,6,10-16,23,27H,4-5,7-9,17-21H2,(H,32,36)(H,37,38)/b16-6-. The maximum absolute atomic E-state index is 13.3. The van der Waals surface area contributed by atoms with Crippen molar-refractivity contribution in [2.24, 2.45) is 16.4 Å². The van der Waals surface area contributed by atoms with Crippen molar-refractivity contribution in [1.29, 1.82) is 0 Å². The molecule has 2 fully saturated rings. The fraction of sp³-hybridized carbons (Fsp3) is 0.419. The number of rotatable bonds is 11. The number of benzene rings is 2. The van der Waals surface area contributed by atoms with Gasteiger partial charge in [0.1, 0.15) is 0 Å². The lowest BCUT2D eigenvalue weighted by Crippen LogP contribution is -2.36. The topological polar surface area (TPSA) is 108 Å². The van der Waals surface area contributed by atoms with Gasteiger partial charge in [0.25, 0.3) is 5.91 Å². The summed E-state index contributed by atoms with van der Waals surface area (Å²) in [5, 5.41) is 18.2. The van der Waals surface area contributed by atoms with Crippen molar-refractivity contribution >= 4 is 23.7 Å². The van der Waals surface area contributed by atoms with Crippen LogP contribution in [-0.2, 0) is 25.7 Å². The molecule has 2 N–H and O–H groups in total. The molecule has 5 rings (SSSR count). The fourth-order valence-electron chi connectivity index (χ4n) is 5.46. The third-order valence-corrected chi connectivity index (χ3v) is 7.94. The zero-order valence-electron chi connectivity index (χ0n) is 22.1. The van der Waals surface area contributed by atoms with Crippen molar-refractivity contribution < 1.29 is 24.2 Å². The number of aliphatic carboxylic acids is 1. The number of carbonyl (C=O) groups is 3. The highest BCUT2D eigenvalue weighted by Gasteiger charge is 2.47. The number of ether oxygens (including phenoxy) is 1. The van der Waals surface area contributed by atoms with Crippen LogP contribution in [0.4, 0.5) is 0 Å². The number of hydrogen-bond acceptors (Lipinski definition) is 5. The van der Waals surface area contributed by atoms with E-state index in [1.54, 1.807) is 6.08 Å². The van der Waals surface area contributed by atoms with Gasteiger partial charge in [-0.05, 0) is 61.3 Å². The minimum absolute atomic E-state index is 0.0166. The van der Waals surface area contributed by atoms with Crippen LogP contribution in [-0.4, -0.2) is 46.9 Å². The van der Waals surface area contributed by atoms with Crippen LogP contribution in [0.25, 0.3) is 0 Å². The molecule has 8 nitrogen and oxygen atoms in total. The van der Waals surface area contributed by atoms with Gasteiger partial charge in [-0.15, -0.1) is 5.10 Å². The first-order chi connectivity index (χ1) is 18.9. The molecule has 0 bridgehead atoms. The smallest absolute Gasteiger partial charge is 0.313 e. The lowest BCUT2D eigenvalue weighted by atomic mass is 9.83. The maximum atomic E-state index is 13.3. The van der Waals surface area contributed by atoms with E-state index in [0.29, 0.717) is 44.2 Å². The van der Waals surface area contributed by atoms with Crippen LogP contribution in [0.2, 0.25) is 0 Å². The van der Waals surface area contributed by atoms with Crippen molar-refractivity contribution in [3.8, 4) is 0 Å². The van der Waals surface area contributed by atoms with Crippen LogP contribution < -0.4 is 5.32 Å². The van der Waals surface area contributed by atoms with Crippen molar-refractivity contribution in [3.63, 3.8) is 0 Å². The summed E-state index contributed by atoms with van der Waals surface area (Å²) < 4.78 is 5.54. The highest BCUT2D eigenvalue weighted by Crippen LogP contribution is 2.47. The highest BCUT2D eigenvalue weighted by atomic mass is 16.5. The quantitative estimate of drug-likeness (QED) is 0.327. The highest BCUT2D eigenvalue weighted by molar-refractivity contribution is 5.97. The van der Waals surface area contributed by atoms with E-state index in [-0.39, 0.29) is 24.3 Å². The van der Waals surface area contributed by atoms with Gasteiger partial charge in [0.05, 0.1) is 17.9 Å². The molecule has 2 aromatic rings. The van der Waals surface area contributed by atoms with Gasteiger partial charge in [0.15, 0.2) is 6.61 Å². The van der Waals surface area contributed by atoms with Gasteiger partial charge in [0.2, 0.25) is 11.8 Å². The van der Waals surface area contributed by atoms with Crippen LogP contribution in [0.1, 0.15) is 67.6 Å². The summed E-state index contributed by atoms with van der Waals surface area (Å²) in [6.07, 6.45) is 9.95. The summed E-state index contributed by atoms with van der Waals surface area (Å²) in [6.45, 7) is 0.749. The first kappa shape index (κ1) is 26.7. The van der Waals surface area contributed by atoms with E-state index in [0.717, 1.165) is 42.4 Å². The molecule has 0 aromatic heterocycles. The first-order valence-corrected chi connectivity index (χ1v) is 13.8. The maximum Gasteiger partial charge on any atom is 0.313 e. The minimum atomic E-state index is -0.769. The third-order valence-electron chi connectivity index (χ3n) is 7.94. The van der Waals surface area contributed by atoms with Crippen LogP contribution >= 0.6 is 0 Å². The predicted octanol–water partition coefficient (Wildman–Crippen LogP) is 4.61. The number of hydrazone groups is 1. The van der Waals surface area contributed by atoms with Gasteiger partial charge < -0.3 is 15.2 Å². The molecule has 1 aliphatic heterocycles. The van der Waals surface area contributed by atoms with Gasteiger partial charge in [-0.3, -0.25) is 14.4 Å². The first-order valence-electron chi connectivity index (χ1n) is 13.8. The van der Waals surface area contributed by atoms with E-state index in [2.05, 4.69) is 10.4 Å². The molecule has 1 atom stereocenters. The summed E-state index contributed by atoms with van der Waals surface area (Å²) >= 11 is 0. The largest absolute Gasteiger partial charge is 0.481 e. The number of amides is 2. The Bertz CT molecular complexity index is 1240. The zero-order chi connectivity index (χ0) is 27.2. The summed E-state index contributed by atoms with van der Waals surface area (Å²) in [5.74, 6) is -0.460. The summed E-state index contributed by atoms with van der Waals surface area (Å²) in [7, 11) is 0. The van der Waals surface area contributed by atoms with E-state index in [9.17, 15) is 19.5 Å². The Kier molecular flexibility index (Phi) is 8.10. The molecule has 0 radical (unpaired) electrons. The fourth-order valence-corrected chi connectivity index (χ4v) is 5.46. The van der Waals surface area contributed by atoms with E-state index in [4.69, 9.17) is 4.74 Å². The van der Waals surface area contributed by atoms with Crippen molar-refractivity contribution in [2.45, 2.75) is 57.4 Å². The van der Waals surface area contributed by atoms with E-state index >= 15 is 0 Å². The molecule has 2 aliphatic carbocycles. The number of carbonyl (C=O) groups excluding carboxylic acids is 2. The van der Waals surface area contributed by atoms with Crippen LogP contribution in [0.5, 0.6) is 0 Å². The molecule has 1 heterocycles. The molecule has 39 heavy (non-hydrogen) atoms. The summed E-state index contributed by atoms with van der Waals surface area (Å²) in [6, 6.07) is 17.4. The molecule has 0 spiro atoms. The van der Waals surface area contributed by atoms with E-state index in [1.165, 1.54) is 5.01 Å². The Morgan fingerprint density at radius 3 is 2.49 bits per heavy atom. The second-order valence-corrected chi connectivity index (χ2v) is 10.7. The third kappa shape index (κ3) is 6.38. The molecule has 2 aromatic carbocycles. The summed E-state index contributed by atoms with van der Waals surface area (Å²) in [5.41, 5.74) is 2.04. The van der Waals surface area contributed by atoms with Crippen LogP contribution in [0.3, 0.4) is 0 Å². The Morgan fingerprint density at radius 1 is 1.10 bits per heavy atom. The summed E-state index contributed by atoms with van der Waals surface area (Å²) in [4.78, 5) is 37.1. The molecular weight excluding hydrogens is 494 g/mol. The van der Waals surface area contributed by atoms with Gasteiger partial charge in [-0.1, -0.05) is 67.5 Å². The lowest BCUT2D eigenvalue weighted by Gasteiger charge is -2.25. The minimum Gasteiger partial charge on any atom is -0.481 e. The van der Waals surface area contributed by atoms with Crippen molar-refractivity contribution in [2.75, 3.05) is 13.2 Å². The number of carboxylic acids is 1. The second-order valence-electron chi connectivity index (χ2n) is 10.7. The van der Waals surface area contributed by atoms with Crippen LogP contribution in [0, 0.1) is 11.3 Å². The van der Waals surface area contributed by atoms with Crippen molar-refractivity contribution in [1.82, 2.24) is 10.3 Å². The average molecular weight is 530 g/mol. The van der Waals surface area contributed by atoms with Gasteiger partial charge in [-0.2, -0.15) is 0 Å². The molecule has 204 valence electrons. The van der Waals surface area contributed by atoms with Gasteiger partial charge in [0, 0.05) is 12.1 Å². The number of nitrogens with zero attached hydrogens (tertiary/aromatic N) is 2. The normalized spacial score (nSPS) is 19.4. The zero-order valence-corrected chi connectivity index (χ0v) is 22.1. The molecule has 2 saturated carbocycles. The Balaban J connectivity index is 1.22. The molecule has 0 saturated heterocycles. The van der Waals surface area contributed by atoms with Gasteiger partial charge in [-0.25, -0.2) is 5.01 Å². The predicted molar refractivity (Wildman–Crippen MR) is 147 cm³/mol. The molecule has 8 heteroatoms. The molecule has 1 unspecified atom stereocenters. The van der Waals surface area contributed by atoms with Gasteiger partial charge >= 0.3 is 5.97 Å². The Labute approximate surface area is 228 Å². The lowest BCUT2D eigenvalue weighted by molar-refractivity contribution is -0.141. The van der Waals surface area contributed by atoms with Crippen molar-refractivity contribution in [3.05, 3.63) is 83.4 Å². The monoisotopic (exact) mass is 529 g/mol. The SMILES string of the molecule is O=C(NCC/C=C\C1(C(=O)O)CC1)C(c1ccc(CN2N=C(c3ccccc3)OCC2=O)cc1)C1CCCC1.